The van der Waals surface area contributed by atoms with Crippen molar-refractivity contribution < 1.29 is 19.5 Å². The molecule has 0 spiro atoms. The number of unbranched alkanes of at least 4 members (excludes halogenated alkanes) is 7. The number of carboxylic acids is 1. The summed E-state index contributed by atoms with van der Waals surface area (Å²) in [5, 5.41) is 14.7. The average molecular weight is 399 g/mol. The van der Waals surface area contributed by atoms with Crippen molar-refractivity contribution in [2.75, 3.05) is 0 Å². The fourth-order valence-corrected chi connectivity index (χ4v) is 3.16. The second-order valence-corrected chi connectivity index (χ2v) is 8.54. The number of hydrogen-bond acceptors (Lipinski definition) is 3. The zero-order valence-electron chi connectivity index (χ0n) is 18.6. The van der Waals surface area contributed by atoms with Gasteiger partial charge in [-0.15, -0.1) is 0 Å². The largest absolute Gasteiger partial charge is 0.480 e. The molecule has 2 amide bonds. The second kappa shape index (κ2) is 15.3. The van der Waals surface area contributed by atoms with E-state index >= 15 is 0 Å². The maximum atomic E-state index is 12.5. The molecule has 0 aliphatic rings. The third kappa shape index (κ3) is 12.7. The molecule has 1 unspecified atom stereocenters. The van der Waals surface area contributed by atoms with Gasteiger partial charge in [-0.25, -0.2) is 4.79 Å². The minimum atomic E-state index is -1.06. The predicted molar refractivity (Wildman–Crippen MR) is 113 cm³/mol. The quantitative estimate of drug-likeness (QED) is 0.338. The first-order valence-corrected chi connectivity index (χ1v) is 11.0. The summed E-state index contributed by atoms with van der Waals surface area (Å²) in [6, 6.07) is -1.64. The Morgan fingerprint density at radius 3 is 1.82 bits per heavy atom. The standard InChI is InChI=1S/C22H42N2O4/c1-6-7-8-9-10-11-12-13-14-19(25)23-18(15-16(2)3)21(26)24-20(17(4)5)22(27)28/h16-18,20H,6-15H2,1-5H3,(H,23,25)(H,24,26)(H,27,28)/t18-,20?/m0/s1. The normalized spacial score (nSPS) is 13.4. The molecule has 164 valence electrons. The van der Waals surface area contributed by atoms with E-state index < -0.39 is 24.0 Å². The molecule has 3 N–H and O–H groups in total. The molecule has 28 heavy (non-hydrogen) atoms. The van der Waals surface area contributed by atoms with Crippen LogP contribution in [0.4, 0.5) is 0 Å². The molecule has 0 aromatic heterocycles. The Labute approximate surface area is 171 Å². The third-order valence-electron chi connectivity index (χ3n) is 4.85. The highest BCUT2D eigenvalue weighted by Crippen LogP contribution is 2.11. The van der Waals surface area contributed by atoms with Gasteiger partial charge in [-0.05, 0) is 24.7 Å². The second-order valence-electron chi connectivity index (χ2n) is 8.54. The zero-order chi connectivity index (χ0) is 21.5. The van der Waals surface area contributed by atoms with Gasteiger partial charge < -0.3 is 15.7 Å². The van der Waals surface area contributed by atoms with E-state index in [1.165, 1.54) is 32.1 Å². The lowest BCUT2D eigenvalue weighted by molar-refractivity contribution is -0.143. The molecule has 6 nitrogen and oxygen atoms in total. The minimum Gasteiger partial charge on any atom is -0.480 e. The van der Waals surface area contributed by atoms with E-state index in [2.05, 4.69) is 17.6 Å². The van der Waals surface area contributed by atoms with Gasteiger partial charge in [-0.2, -0.15) is 0 Å². The van der Waals surface area contributed by atoms with Gasteiger partial charge in [-0.3, -0.25) is 9.59 Å². The molecule has 0 aromatic rings. The molecule has 0 bridgehead atoms. The van der Waals surface area contributed by atoms with Crippen molar-refractivity contribution in [3.05, 3.63) is 0 Å². The topological polar surface area (TPSA) is 95.5 Å². The van der Waals surface area contributed by atoms with Gasteiger partial charge in [0.2, 0.25) is 11.8 Å². The smallest absolute Gasteiger partial charge is 0.326 e. The van der Waals surface area contributed by atoms with Crippen LogP contribution in [0.5, 0.6) is 0 Å². The lowest BCUT2D eigenvalue weighted by Crippen LogP contribution is -2.53. The van der Waals surface area contributed by atoms with Crippen molar-refractivity contribution in [3.63, 3.8) is 0 Å². The van der Waals surface area contributed by atoms with Crippen LogP contribution in [0.3, 0.4) is 0 Å². The molecule has 0 rings (SSSR count). The van der Waals surface area contributed by atoms with Gasteiger partial charge in [0.15, 0.2) is 0 Å². The number of carbonyl (C=O) groups is 3. The first kappa shape index (κ1) is 26.4. The summed E-state index contributed by atoms with van der Waals surface area (Å²) >= 11 is 0. The van der Waals surface area contributed by atoms with Gasteiger partial charge in [0.1, 0.15) is 12.1 Å². The zero-order valence-corrected chi connectivity index (χ0v) is 18.6. The van der Waals surface area contributed by atoms with Crippen LogP contribution in [0.1, 0.15) is 98.8 Å². The molecule has 0 aliphatic heterocycles. The molecule has 0 fully saturated rings. The number of hydrogen-bond donors (Lipinski definition) is 3. The lowest BCUT2D eigenvalue weighted by atomic mass is 10.00. The Balaban J connectivity index is 4.40. The van der Waals surface area contributed by atoms with Crippen LogP contribution in [-0.2, 0) is 14.4 Å². The number of carbonyl (C=O) groups excluding carboxylic acids is 2. The van der Waals surface area contributed by atoms with E-state index in [0.29, 0.717) is 12.8 Å². The third-order valence-corrected chi connectivity index (χ3v) is 4.85. The average Bonchev–Trinajstić information content (AvgIpc) is 2.60. The highest BCUT2D eigenvalue weighted by Gasteiger charge is 2.28. The van der Waals surface area contributed by atoms with Crippen LogP contribution in [0.15, 0.2) is 0 Å². The SMILES string of the molecule is CCCCCCCCCCC(=O)N[C@@H](CC(C)C)C(=O)NC(C(=O)O)C(C)C. The Kier molecular flexibility index (Phi) is 14.5. The van der Waals surface area contributed by atoms with Crippen LogP contribution in [0.25, 0.3) is 0 Å². The van der Waals surface area contributed by atoms with E-state index in [-0.39, 0.29) is 17.7 Å². The van der Waals surface area contributed by atoms with Crippen LogP contribution >= 0.6 is 0 Å². The monoisotopic (exact) mass is 398 g/mol. The van der Waals surface area contributed by atoms with Crippen LogP contribution in [-0.4, -0.2) is 35.0 Å². The first-order valence-electron chi connectivity index (χ1n) is 11.0. The van der Waals surface area contributed by atoms with E-state index in [1.54, 1.807) is 13.8 Å². The molecular formula is C22H42N2O4. The fourth-order valence-electron chi connectivity index (χ4n) is 3.16. The van der Waals surface area contributed by atoms with E-state index in [9.17, 15) is 19.5 Å². The fraction of sp³-hybridized carbons (Fsp3) is 0.864. The summed E-state index contributed by atoms with van der Waals surface area (Å²) in [5.74, 6) is -1.63. The maximum Gasteiger partial charge on any atom is 0.326 e. The molecule has 0 aliphatic carbocycles. The number of rotatable bonds is 16. The molecule has 0 radical (unpaired) electrons. The van der Waals surface area contributed by atoms with Gasteiger partial charge in [0.25, 0.3) is 0 Å². The number of carboxylic acid groups (broad SMARTS) is 1. The van der Waals surface area contributed by atoms with Crippen molar-refractivity contribution in [1.82, 2.24) is 10.6 Å². The molecule has 2 atom stereocenters. The predicted octanol–water partition coefficient (Wildman–Crippen LogP) is 4.27. The lowest BCUT2D eigenvalue weighted by Gasteiger charge is -2.24. The summed E-state index contributed by atoms with van der Waals surface area (Å²) in [6.45, 7) is 9.65. The van der Waals surface area contributed by atoms with Crippen LogP contribution in [0.2, 0.25) is 0 Å². The summed E-state index contributed by atoms with van der Waals surface area (Å²) in [5.41, 5.74) is 0. The summed E-state index contributed by atoms with van der Waals surface area (Å²) in [4.78, 5) is 36.1. The van der Waals surface area contributed by atoms with Crippen molar-refractivity contribution >= 4 is 17.8 Å². The highest BCUT2D eigenvalue weighted by molar-refractivity contribution is 5.90. The van der Waals surface area contributed by atoms with Crippen LogP contribution in [0, 0.1) is 11.8 Å². The maximum absolute atomic E-state index is 12.5. The number of aliphatic carboxylic acids is 1. The Bertz CT molecular complexity index is 463. The summed E-state index contributed by atoms with van der Waals surface area (Å²) < 4.78 is 0. The van der Waals surface area contributed by atoms with Gasteiger partial charge in [0.05, 0.1) is 0 Å². The molecular weight excluding hydrogens is 356 g/mol. The number of nitrogens with one attached hydrogen (secondary N) is 2. The first-order chi connectivity index (χ1) is 13.2. The Hall–Kier alpha value is -1.59. The summed E-state index contributed by atoms with van der Waals surface area (Å²) in [6.07, 6.45) is 10.2. The minimum absolute atomic E-state index is 0.136. The summed E-state index contributed by atoms with van der Waals surface area (Å²) in [7, 11) is 0. The molecule has 0 saturated carbocycles. The molecule has 6 heteroatoms. The van der Waals surface area contributed by atoms with E-state index in [4.69, 9.17) is 0 Å². The van der Waals surface area contributed by atoms with Crippen molar-refractivity contribution in [3.8, 4) is 0 Å². The molecule has 0 aromatic carbocycles. The van der Waals surface area contributed by atoms with Gasteiger partial charge >= 0.3 is 5.97 Å². The number of amides is 2. The Morgan fingerprint density at radius 1 is 0.821 bits per heavy atom. The Morgan fingerprint density at radius 2 is 1.36 bits per heavy atom. The van der Waals surface area contributed by atoms with Gasteiger partial charge in [0, 0.05) is 6.42 Å². The van der Waals surface area contributed by atoms with Crippen molar-refractivity contribution in [1.29, 1.82) is 0 Å². The van der Waals surface area contributed by atoms with Crippen molar-refractivity contribution in [2.45, 2.75) is 111 Å². The van der Waals surface area contributed by atoms with E-state index in [0.717, 1.165) is 19.3 Å². The van der Waals surface area contributed by atoms with Gasteiger partial charge in [-0.1, -0.05) is 79.6 Å². The van der Waals surface area contributed by atoms with E-state index in [1.807, 2.05) is 13.8 Å². The van der Waals surface area contributed by atoms with Crippen molar-refractivity contribution in [2.24, 2.45) is 11.8 Å². The molecule has 0 saturated heterocycles. The van der Waals surface area contributed by atoms with Crippen LogP contribution < -0.4 is 10.6 Å². The highest BCUT2D eigenvalue weighted by atomic mass is 16.4. The molecule has 0 heterocycles.